The van der Waals surface area contributed by atoms with Gasteiger partial charge in [0.15, 0.2) is 5.78 Å². The molecule has 2 aromatic carbocycles. The van der Waals surface area contributed by atoms with Gasteiger partial charge in [0.25, 0.3) is 0 Å². The minimum absolute atomic E-state index is 0.116. The lowest BCUT2D eigenvalue weighted by atomic mass is 10.0. The van der Waals surface area contributed by atoms with Crippen molar-refractivity contribution < 1.29 is 14.4 Å². The van der Waals surface area contributed by atoms with E-state index in [4.69, 9.17) is 0 Å². The van der Waals surface area contributed by atoms with E-state index in [0.717, 1.165) is 0 Å². The standard InChI is InChI=1S/C15H8N2O3/c18-9-16-12-6-7-13(14(8-12)17-10-19)15(20)11-4-2-1-3-5-11/h1-8H. The number of nitrogens with zero attached hydrogens (tertiary/aromatic N) is 2. The Balaban J connectivity index is 2.53. The van der Waals surface area contributed by atoms with E-state index in [1.165, 1.54) is 30.4 Å². The third-order valence-corrected chi connectivity index (χ3v) is 2.60. The Hall–Kier alpha value is -3.13. The van der Waals surface area contributed by atoms with Gasteiger partial charge in [-0.15, -0.1) is 0 Å². The molecule has 0 N–H and O–H groups in total. The number of benzene rings is 2. The number of hydrogen-bond acceptors (Lipinski definition) is 5. The molecule has 0 fully saturated rings. The topological polar surface area (TPSA) is 75.9 Å². The number of rotatable bonds is 4. The van der Waals surface area contributed by atoms with Gasteiger partial charge in [0.2, 0.25) is 12.2 Å². The average Bonchev–Trinajstić information content (AvgIpc) is 2.48. The van der Waals surface area contributed by atoms with Gasteiger partial charge >= 0.3 is 0 Å². The fraction of sp³-hybridized carbons (Fsp3) is 0. The summed E-state index contributed by atoms with van der Waals surface area (Å²) in [6, 6.07) is 12.9. The second-order valence-corrected chi connectivity index (χ2v) is 3.80. The van der Waals surface area contributed by atoms with E-state index in [1.54, 1.807) is 30.3 Å². The van der Waals surface area contributed by atoms with Crippen molar-refractivity contribution in [1.29, 1.82) is 0 Å². The molecule has 0 aromatic heterocycles. The van der Waals surface area contributed by atoms with Crippen LogP contribution in [0.3, 0.4) is 0 Å². The van der Waals surface area contributed by atoms with Crippen molar-refractivity contribution in [2.24, 2.45) is 9.98 Å². The Kier molecular flexibility index (Phi) is 4.10. The molecule has 0 aliphatic rings. The summed E-state index contributed by atoms with van der Waals surface area (Å²) in [4.78, 5) is 39.9. The van der Waals surface area contributed by atoms with E-state index >= 15 is 0 Å². The van der Waals surface area contributed by atoms with Crippen molar-refractivity contribution in [3.05, 3.63) is 59.7 Å². The second kappa shape index (κ2) is 6.16. The quantitative estimate of drug-likeness (QED) is 0.484. The van der Waals surface area contributed by atoms with Crippen LogP contribution in [0, 0.1) is 0 Å². The molecule has 5 heteroatoms. The highest BCUT2D eigenvalue weighted by Gasteiger charge is 2.13. The van der Waals surface area contributed by atoms with E-state index in [-0.39, 0.29) is 22.7 Å². The van der Waals surface area contributed by atoms with Gasteiger partial charge < -0.3 is 0 Å². The van der Waals surface area contributed by atoms with Gasteiger partial charge in [-0.3, -0.25) is 4.79 Å². The SMILES string of the molecule is O=C=Nc1ccc(C(=O)c2ccccc2)c(N=C=O)c1. The van der Waals surface area contributed by atoms with Crippen molar-refractivity contribution in [2.45, 2.75) is 0 Å². The van der Waals surface area contributed by atoms with Gasteiger partial charge in [0.05, 0.1) is 11.4 Å². The number of isocyanates is 2. The summed E-state index contributed by atoms with van der Waals surface area (Å²) in [7, 11) is 0. The predicted molar refractivity (Wildman–Crippen MR) is 71.9 cm³/mol. The maximum absolute atomic E-state index is 12.3. The second-order valence-electron chi connectivity index (χ2n) is 3.80. The molecule has 0 spiro atoms. The number of aliphatic imine (C=N–C) groups is 2. The number of carbonyl (C=O) groups excluding carboxylic acids is 3. The molecule has 0 atom stereocenters. The van der Waals surface area contributed by atoms with Crippen LogP contribution in [-0.2, 0) is 9.59 Å². The van der Waals surface area contributed by atoms with Gasteiger partial charge in [0, 0.05) is 11.1 Å². The lowest BCUT2D eigenvalue weighted by Crippen LogP contribution is -2.01. The fourth-order valence-electron chi connectivity index (χ4n) is 1.72. The molecule has 0 unspecified atom stereocenters. The summed E-state index contributed by atoms with van der Waals surface area (Å²) in [6.07, 6.45) is 2.77. The van der Waals surface area contributed by atoms with Gasteiger partial charge in [-0.2, -0.15) is 9.98 Å². The molecule has 0 aliphatic carbocycles. The zero-order valence-electron chi connectivity index (χ0n) is 10.2. The molecule has 2 rings (SSSR count). The normalized spacial score (nSPS) is 9.20. The third-order valence-electron chi connectivity index (χ3n) is 2.60. The zero-order valence-corrected chi connectivity index (χ0v) is 10.2. The van der Waals surface area contributed by atoms with Crippen LogP contribution in [0.2, 0.25) is 0 Å². The Labute approximate surface area is 114 Å². The van der Waals surface area contributed by atoms with E-state index in [0.29, 0.717) is 5.56 Å². The van der Waals surface area contributed by atoms with E-state index in [2.05, 4.69) is 9.98 Å². The van der Waals surface area contributed by atoms with Crippen molar-refractivity contribution >= 4 is 29.3 Å². The molecule has 96 valence electrons. The monoisotopic (exact) mass is 264 g/mol. The smallest absolute Gasteiger partial charge is 0.240 e. The highest BCUT2D eigenvalue weighted by atomic mass is 16.1. The lowest BCUT2D eigenvalue weighted by molar-refractivity contribution is 0.103. The molecule has 0 bridgehead atoms. The fourth-order valence-corrected chi connectivity index (χ4v) is 1.72. The predicted octanol–water partition coefficient (Wildman–Crippen LogP) is 2.85. The van der Waals surface area contributed by atoms with Gasteiger partial charge in [-0.05, 0) is 18.2 Å². The van der Waals surface area contributed by atoms with Crippen LogP contribution in [0.15, 0.2) is 58.5 Å². The van der Waals surface area contributed by atoms with Gasteiger partial charge in [-0.1, -0.05) is 30.3 Å². The highest BCUT2D eigenvalue weighted by molar-refractivity contribution is 6.12. The minimum Gasteiger partial charge on any atom is -0.289 e. The summed E-state index contributed by atoms with van der Waals surface area (Å²) in [5.41, 5.74) is 1.09. The molecule has 0 saturated carbocycles. The Morgan fingerprint density at radius 1 is 0.900 bits per heavy atom. The van der Waals surface area contributed by atoms with Crippen LogP contribution in [0.1, 0.15) is 15.9 Å². The summed E-state index contributed by atoms with van der Waals surface area (Å²) in [5.74, 6) is -0.277. The van der Waals surface area contributed by atoms with Crippen molar-refractivity contribution in [3.63, 3.8) is 0 Å². The molecular formula is C15H8N2O3. The Morgan fingerprint density at radius 3 is 2.25 bits per heavy atom. The van der Waals surface area contributed by atoms with Crippen LogP contribution >= 0.6 is 0 Å². The zero-order chi connectivity index (χ0) is 14.4. The highest BCUT2D eigenvalue weighted by Crippen LogP contribution is 2.27. The van der Waals surface area contributed by atoms with Crippen LogP contribution in [0.4, 0.5) is 11.4 Å². The van der Waals surface area contributed by atoms with Crippen LogP contribution in [0.25, 0.3) is 0 Å². The summed E-state index contributed by atoms with van der Waals surface area (Å²) in [6.45, 7) is 0. The lowest BCUT2D eigenvalue weighted by Gasteiger charge is -2.04. The first-order valence-electron chi connectivity index (χ1n) is 5.66. The van der Waals surface area contributed by atoms with Crippen LogP contribution < -0.4 is 0 Å². The van der Waals surface area contributed by atoms with Crippen molar-refractivity contribution in [1.82, 2.24) is 0 Å². The van der Waals surface area contributed by atoms with Crippen LogP contribution in [-0.4, -0.2) is 17.9 Å². The molecule has 0 saturated heterocycles. The Morgan fingerprint density at radius 2 is 1.60 bits per heavy atom. The molecule has 20 heavy (non-hydrogen) atoms. The molecule has 0 amide bonds. The van der Waals surface area contributed by atoms with Crippen molar-refractivity contribution in [3.8, 4) is 0 Å². The number of ketones is 1. The van der Waals surface area contributed by atoms with Crippen LogP contribution in [0.5, 0.6) is 0 Å². The number of hydrogen-bond donors (Lipinski definition) is 0. The maximum atomic E-state index is 12.3. The first-order valence-corrected chi connectivity index (χ1v) is 5.66. The molecule has 2 aromatic rings. The van der Waals surface area contributed by atoms with Crippen molar-refractivity contribution in [2.75, 3.05) is 0 Å². The first kappa shape index (κ1) is 13.3. The summed E-state index contributed by atoms with van der Waals surface area (Å²) < 4.78 is 0. The van der Waals surface area contributed by atoms with E-state index in [9.17, 15) is 14.4 Å². The summed E-state index contributed by atoms with van der Waals surface area (Å²) in [5, 5.41) is 0. The average molecular weight is 264 g/mol. The largest absolute Gasteiger partial charge is 0.289 e. The molecule has 0 heterocycles. The Bertz CT molecular complexity index is 741. The van der Waals surface area contributed by atoms with Gasteiger partial charge in [-0.25, -0.2) is 9.59 Å². The molecule has 0 radical (unpaired) electrons. The van der Waals surface area contributed by atoms with Gasteiger partial charge in [0.1, 0.15) is 0 Å². The molecule has 0 aliphatic heterocycles. The molecular weight excluding hydrogens is 256 g/mol. The minimum atomic E-state index is -0.277. The summed E-state index contributed by atoms with van der Waals surface area (Å²) >= 11 is 0. The number of carbonyl (C=O) groups is 1. The van der Waals surface area contributed by atoms with E-state index < -0.39 is 0 Å². The van der Waals surface area contributed by atoms with E-state index in [1.807, 2.05) is 0 Å². The molecule has 5 nitrogen and oxygen atoms in total. The third kappa shape index (κ3) is 2.82. The maximum Gasteiger partial charge on any atom is 0.240 e. The first-order chi connectivity index (χ1) is 9.76.